The molecule has 1 rings (SSSR count). The van der Waals surface area contributed by atoms with Gasteiger partial charge >= 0.3 is 0 Å². The van der Waals surface area contributed by atoms with Gasteiger partial charge in [-0.05, 0) is 26.3 Å². The van der Waals surface area contributed by atoms with Gasteiger partial charge in [-0.1, -0.05) is 0 Å². The average Bonchev–Trinajstić information content (AvgIpc) is 2.39. The fraction of sp³-hybridized carbons (Fsp3) is 0.900. The highest BCUT2D eigenvalue weighted by molar-refractivity contribution is 5.78. The van der Waals surface area contributed by atoms with Crippen LogP contribution in [0, 0.1) is 0 Å². The van der Waals surface area contributed by atoms with E-state index in [0.29, 0.717) is 6.54 Å². The van der Waals surface area contributed by atoms with Gasteiger partial charge in [-0.15, -0.1) is 0 Å². The topological polar surface area (TPSA) is 41.6 Å². The number of hydrogen-bond acceptors (Lipinski definition) is 3. The van der Waals surface area contributed by atoms with Crippen molar-refractivity contribution in [3.8, 4) is 0 Å². The van der Waals surface area contributed by atoms with Crippen molar-refractivity contribution < 1.29 is 9.53 Å². The Morgan fingerprint density at radius 2 is 2.43 bits per heavy atom. The zero-order valence-corrected chi connectivity index (χ0v) is 8.92. The predicted molar refractivity (Wildman–Crippen MR) is 55.2 cm³/mol. The second-order valence-corrected chi connectivity index (χ2v) is 3.46. The van der Waals surface area contributed by atoms with Gasteiger partial charge in [0.05, 0.1) is 6.54 Å². The minimum Gasteiger partial charge on any atom is -0.382 e. The molecule has 0 aromatic rings. The monoisotopic (exact) mass is 200 g/mol. The van der Waals surface area contributed by atoms with Crippen LogP contribution >= 0.6 is 0 Å². The Hall–Kier alpha value is -0.610. The number of ether oxygens (including phenoxy) is 1. The summed E-state index contributed by atoms with van der Waals surface area (Å²) in [4.78, 5) is 13.4. The van der Waals surface area contributed by atoms with Gasteiger partial charge in [0.1, 0.15) is 0 Å². The largest absolute Gasteiger partial charge is 0.382 e. The van der Waals surface area contributed by atoms with Crippen molar-refractivity contribution in [2.75, 3.05) is 39.4 Å². The molecule has 1 N–H and O–H groups in total. The van der Waals surface area contributed by atoms with E-state index >= 15 is 0 Å². The Labute approximate surface area is 85.6 Å². The van der Waals surface area contributed by atoms with Crippen molar-refractivity contribution in [2.24, 2.45) is 0 Å². The molecule has 0 aliphatic carbocycles. The molecule has 1 aliphatic rings. The molecule has 0 atom stereocenters. The minimum absolute atomic E-state index is 0.221. The maximum atomic E-state index is 11.5. The lowest BCUT2D eigenvalue weighted by Gasteiger charge is -2.19. The quantitative estimate of drug-likeness (QED) is 0.646. The molecule has 1 amide bonds. The van der Waals surface area contributed by atoms with Crippen LogP contribution in [0.2, 0.25) is 0 Å². The molecule has 0 radical (unpaired) electrons. The van der Waals surface area contributed by atoms with Crippen molar-refractivity contribution in [1.29, 1.82) is 0 Å². The summed E-state index contributed by atoms with van der Waals surface area (Å²) in [6.45, 7) is 6.67. The molecule has 82 valence electrons. The van der Waals surface area contributed by atoms with E-state index in [1.165, 1.54) is 0 Å². The average molecular weight is 200 g/mol. The Morgan fingerprint density at radius 1 is 1.57 bits per heavy atom. The molecule has 0 aromatic heterocycles. The summed E-state index contributed by atoms with van der Waals surface area (Å²) < 4.78 is 5.24. The van der Waals surface area contributed by atoms with Crippen molar-refractivity contribution in [3.05, 3.63) is 0 Å². The Bertz CT molecular complexity index is 174. The van der Waals surface area contributed by atoms with Crippen molar-refractivity contribution in [2.45, 2.75) is 19.8 Å². The van der Waals surface area contributed by atoms with Gasteiger partial charge in [-0.2, -0.15) is 0 Å². The number of amides is 1. The molecule has 0 unspecified atom stereocenters. The number of nitrogens with one attached hydrogen (secondary N) is 1. The van der Waals surface area contributed by atoms with E-state index in [-0.39, 0.29) is 5.91 Å². The standard InChI is InChI=1S/C10H20N2O2/c1-2-14-8-4-7-12-6-3-5-11-9-10(12)13/h11H,2-9H2,1H3. The Morgan fingerprint density at radius 3 is 3.21 bits per heavy atom. The van der Waals surface area contributed by atoms with Crippen LogP contribution in [-0.4, -0.2) is 50.2 Å². The van der Waals surface area contributed by atoms with Gasteiger partial charge in [-0.3, -0.25) is 4.79 Å². The van der Waals surface area contributed by atoms with E-state index in [1.54, 1.807) is 0 Å². The maximum Gasteiger partial charge on any atom is 0.236 e. The molecule has 1 heterocycles. The molecule has 0 aromatic carbocycles. The van der Waals surface area contributed by atoms with Crippen LogP contribution < -0.4 is 5.32 Å². The summed E-state index contributed by atoms with van der Waals surface area (Å²) in [5.74, 6) is 0.221. The van der Waals surface area contributed by atoms with E-state index in [1.807, 2.05) is 11.8 Å². The van der Waals surface area contributed by atoms with E-state index in [9.17, 15) is 4.79 Å². The molecular formula is C10H20N2O2. The van der Waals surface area contributed by atoms with Gasteiger partial charge in [-0.25, -0.2) is 0 Å². The molecule has 4 heteroatoms. The van der Waals surface area contributed by atoms with Crippen LogP contribution in [0.5, 0.6) is 0 Å². The summed E-state index contributed by atoms with van der Waals surface area (Å²) in [5, 5.41) is 3.11. The number of carbonyl (C=O) groups excluding carboxylic acids is 1. The van der Waals surface area contributed by atoms with Crippen LogP contribution in [0.25, 0.3) is 0 Å². The number of carbonyl (C=O) groups is 1. The van der Waals surface area contributed by atoms with E-state index in [2.05, 4.69) is 5.32 Å². The molecule has 1 saturated heterocycles. The van der Waals surface area contributed by atoms with Crippen LogP contribution in [0.3, 0.4) is 0 Å². The molecule has 0 bridgehead atoms. The lowest BCUT2D eigenvalue weighted by Crippen LogP contribution is -2.35. The highest BCUT2D eigenvalue weighted by Gasteiger charge is 2.14. The molecule has 0 saturated carbocycles. The molecule has 1 fully saturated rings. The van der Waals surface area contributed by atoms with Crippen LogP contribution in [-0.2, 0) is 9.53 Å². The first-order valence-electron chi connectivity index (χ1n) is 5.41. The SMILES string of the molecule is CCOCCCN1CCCNCC1=O. The third-order valence-corrected chi connectivity index (χ3v) is 2.33. The van der Waals surface area contributed by atoms with Gasteiger partial charge in [0.25, 0.3) is 0 Å². The van der Waals surface area contributed by atoms with Gasteiger partial charge in [0.2, 0.25) is 5.91 Å². The van der Waals surface area contributed by atoms with Gasteiger partial charge < -0.3 is 15.0 Å². The first-order valence-corrected chi connectivity index (χ1v) is 5.41. The minimum atomic E-state index is 0.221. The zero-order chi connectivity index (χ0) is 10.2. The second-order valence-electron chi connectivity index (χ2n) is 3.46. The highest BCUT2D eigenvalue weighted by Crippen LogP contribution is 1.98. The summed E-state index contributed by atoms with van der Waals surface area (Å²) in [5.41, 5.74) is 0. The lowest BCUT2D eigenvalue weighted by atomic mass is 10.3. The predicted octanol–water partition coefficient (Wildman–Crippen LogP) is 0.235. The first-order chi connectivity index (χ1) is 6.84. The van der Waals surface area contributed by atoms with Gasteiger partial charge in [0, 0.05) is 26.3 Å². The fourth-order valence-corrected chi connectivity index (χ4v) is 1.57. The van der Waals surface area contributed by atoms with Crippen LogP contribution in [0.4, 0.5) is 0 Å². The van der Waals surface area contributed by atoms with Crippen molar-refractivity contribution >= 4 is 5.91 Å². The maximum absolute atomic E-state index is 11.5. The summed E-state index contributed by atoms with van der Waals surface area (Å²) >= 11 is 0. The molecule has 14 heavy (non-hydrogen) atoms. The second kappa shape index (κ2) is 6.79. The number of rotatable bonds is 5. The molecule has 0 spiro atoms. The Balaban J connectivity index is 2.16. The molecule has 1 aliphatic heterocycles. The van der Waals surface area contributed by atoms with Crippen LogP contribution in [0.1, 0.15) is 19.8 Å². The van der Waals surface area contributed by atoms with Crippen molar-refractivity contribution in [3.63, 3.8) is 0 Å². The third-order valence-electron chi connectivity index (χ3n) is 2.33. The van der Waals surface area contributed by atoms with Crippen LogP contribution in [0.15, 0.2) is 0 Å². The number of nitrogens with zero attached hydrogens (tertiary/aromatic N) is 1. The summed E-state index contributed by atoms with van der Waals surface area (Å²) in [6, 6.07) is 0. The summed E-state index contributed by atoms with van der Waals surface area (Å²) in [6.07, 6.45) is 2.00. The highest BCUT2D eigenvalue weighted by atomic mass is 16.5. The fourth-order valence-electron chi connectivity index (χ4n) is 1.57. The van der Waals surface area contributed by atoms with E-state index in [4.69, 9.17) is 4.74 Å². The summed E-state index contributed by atoms with van der Waals surface area (Å²) in [7, 11) is 0. The number of hydrogen-bond donors (Lipinski definition) is 1. The van der Waals surface area contributed by atoms with E-state index in [0.717, 1.165) is 45.7 Å². The lowest BCUT2D eigenvalue weighted by molar-refractivity contribution is -0.129. The third kappa shape index (κ3) is 4.07. The molecule has 4 nitrogen and oxygen atoms in total. The normalized spacial score (nSPS) is 18.4. The zero-order valence-electron chi connectivity index (χ0n) is 8.92. The first kappa shape index (κ1) is 11.5. The smallest absolute Gasteiger partial charge is 0.236 e. The Kier molecular flexibility index (Phi) is 5.56. The van der Waals surface area contributed by atoms with E-state index < -0.39 is 0 Å². The van der Waals surface area contributed by atoms with Crippen molar-refractivity contribution in [1.82, 2.24) is 10.2 Å². The molecular weight excluding hydrogens is 180 g/mol. The van der Waals surface area contributed by atoms with Gasteiger partial charge in [0.15, 0.2) is 0 Å².